The summed E-state index contributed by atoms with van der Waals surface area (Å²) in [7, 11) is 0. The summed E-state index contributed by atoms with van der Waals surface area (Å²) in [5.74, 6) is 0.0134. The number of nitrogens with zero attached hydrogens (tertiary/aromatic N) is 2. The molecule has 0 unspecified atom stereocenters. The number of amides is 2. The molecule has 2 amide bonds. The van der Waals surface area contributed by atoms with Gasteiger partial charge in [0, 0.05) is 35.9 Å². The number of para-hydroxylation sites is 2. The van der Waals surface area contributed by atoms with Crippen molar-refractivity contribution in [1.29, 1.82) is 0 Å². The molecule has 32 heavy (non-hydrogen) atoms. The fourth-order valence-corrected chi connectivity index (χ4v) is 4.89. The SMILES string of the molecule is O=C(CN1CCC(NC(=O)c2c3c(nc4ccccc24)CCC3)CC1)Nc1ccccc1. The third-order valence-corrected chi connectivity index (χ3v) is 6.49. The summed E-state index contributed by atoms with van der Waals surface area (Å²) in [4.78, 5) is 32.6. The van der Waals surface area contributed by atoms with Gasteiger partial charge in [0.1, 0.15) is 0 Å². The summed E-state index contributed by atoms with van der Waals surface area (Å²) in [6.07, 6.45) is 4.61. The van der Waals surface area contributed by atoms with Crippen LogP contribution in [0.1, 0.15) is 40.9 Å². The van der Waals surface area contributed by atoms with E-state index in [9.17, 15) is 9.59 Å². The molecule has 2 heterocycles. The average molecular weight is 429 g/mol. The molecule has 2 N–H and O–H groups in total. The normalized spacial score (nSPS) is 16.6. The van der Waals surface area contributed by atoms with Crippen molar-refractivity contribution >= 4 is 28.4 Å². The van der Waals surface area contributed by atoms with Gasteiger partial charge in [0.25, 0.3) is 5.91 Å². The predicted molar refractivity (Wildman–Crippen MR) is 126 cm³/mol. The summed E-state index contributed by atoms with van der Waals surface area (Å²) in [6.45, 7) is 1.96. The molecule has 1 aliphatic heterocycles. The zero-order valence-electron chi connectivity index (χ0n) is 18.1. The number of aryl methyl sites for hydroxylation is 1. The Hall–Kier alpha value is -3.25. The number of piperidine rings is 1. The molecule has 0 bridgehead atoms. The lowest BCUT2D eigenvalue weighted by molar-refractivity contribution is -0.117. The lowest BCUT2D eigenvalue weighted by Crippen LogP contribution is -2.46. The van der Waals surface area contributed by atoms with Crippen LogP contribution < -0.4 is 10.6 Å². The van der Waals surface area contributed by atoms with E-state index in [4.69, 9.17) is 4.98 Å². The van der Waals surface area contributed by atoms with Crippen LogP contribution in [-0.4, -0.2) is 47.4 Å². The molecular formula is C26H28N4O2. The molecule has 0 saturated carbocycles. The Balaban J connectivity index is 1.20. The summed E-state index contributed by atoms with van der Waals surface area (Å²) < 4.78 is 0. The lowest BCUT2D eigenvalue weighted by Gasteiger charge is -2.32. The minimum Gasteiger partial charge on any atom is -0.349 e. The molecule has 1 fully saturated rings. The van der Waals surface area contributed by atoms with Gasteiger partial charge in [-0.2, -0.15) is 0 Å². The molecule has 1 saturated heterocycles. The Kier molecular flexibility index (Phi) is 5.86. The highest BCUT2D eigenvalue weighted by Crippen LogP contribution is 2.30. The highest BCUT2D eigenvalue weighted by molar-refractivity contribution is 6.08. The van der Waals surface area contributed by atoms with Gasteiger partial charge in [-0.3, -0.25) is 19.5 Å². The Morgan fingerprint density at radius 1 is 0.969 bits per heavy atom. The number of hydrogen-bond acceptors (Lipinski definition) is 4. The second-order valence-electron chi connectivity index (χ2n) is 8.72. The van der Waals surface area contributed by atoms with Crippen molar-refractivity contribution in [3.05, 3.63) is 71.4 Å². The molecule has 2 aromatic carbocycles. The summed E-state index contributed by atoms with van der Waals surface area (Å²) in [5.41, 5.74) is 4.73. The van der Waals surface area contributed by atoms with Crippen LogP contribution in [0.5, 0.6) is 0 Å². The first-order valence-electron chi connectivity index (χ1n) is 11.5. The van der Waals surface area contributed by atoms with E-state index in [2.05, 4.69) is 15.5 Å². The van der Waals surface area contributed by atoms with Gasteiger partial charge < -0.3 is 10.6 Å². The fraction of sp³-hybridized carbons (Fsp3) is 0.346. The number of rotatable bonds is 5. The van der Waals surface area contributed by atoms with Crippen molar-refractivity contribution in [3.8, 4) is 0 Å². The fourth-order valence-electron chi connectivity index (χ4n) is 4.89. The zero-order valence-corrected chi connectivity index (χ0v) is 18.1. The van der Waals surface area contributed by atoms with E-state index in [1.807, 2.05) is 54.6 Å². The topological polar surface area (TPSA) is 74.3 Å². The first kappa shape index (κ1) is 20.6. The quantitative estimate of drug-likeness (QED) is 0.652. The highest BCUT2D eigenvalue weighted by atomic mass is 16.2. The smallest absolute Gasteiger partial charge is 0.252 e. The molecule has 5 rings (SSSR count). The molecule has 164 valence electrons. The van der Waals surface area contributed by atoms with Crippen molar-refractivity contribution in [2.45, 2.75) is 38.1 Å². The van der Waals surface area contributed by atoms with Crippen LogP contribution in [0, 0.1) is 0 Å². The van der Waals surface area contributed by atoms with E-state index in [0.717, 1.165) is 78.6 Å². The average Bonchev–Trinajstić information content (AvgIpc) is 3.27. The molecule has 1 aromatic heterocycles. The van der Waals surface area contributed by atoms with Crippen molar-refractivity contribution in [1.82, 2.24) is 15.2 Å². The van der Waals surface area contributed by atoms with Crippen LogP contribution in [0.25, 0.3) is 10.9 Å². The molecule has 6 nitrogen and oxygen atoms in total. The minimum atomic E-state index is -0.00231. The maximum Gasteiger partial charge on any atom is 0.252 e. The van der Waals surface area contributed by atoms with Gasteiger partial charge in [-0.1, -0.05) is 36.4 Å². The first-order valence-corrected chi connectivity index (χ1v) is 11.5. The number of fused-ring (bicyclic) bond motifs is 2. The number of anilines is 1. The van der Waals surface area contributed by atoms with Crippen LogP contribution in [0.3, 0.4) is 0 Å². The van der Waals surface area contributed by atoms with Gasteiger partial charge in [0.15, 0.2) is 0 Å². The molecule has 0 spiro atoms. The third-order valence-electron chi connectivity index (χ3n) is 6.49. The second-order valence-corrected chi connectivity index (χ2v) is 8.72. The molecule has 3 aromatic rings. The van der Waals surface area contributed by atoms with Crippen LogP contribution >= 0.6 is 0 Å². The van der Waals surface area contributed by atoms with Crippen LogP contribution in [0.15, 0.2) is 54.6 Å². The van der Waals surface area contributed by atoms with E-state index in [1.165, 1.54) is 0 Å². The summed E-state index contributed by atoms with van der Waals surface area (Å²) in [5, 5.41) is 7.16. The number of carbonyl (C=O) groups is 2. The monoisotopic (exact) mass is 428 g/mol. The zero-order chi connectivity index (χ0) is 21.9. The molecular weight excluding hydrogens is 400 g/mol. The van der Waals surface area contributed by atoms with Crippen molar-refractivity contribution in [2.24, 2.45) is 0 Å². The van der Waals surface area contributed by atoms with Crippen molar-refractivity contribution < 1.29 is 9.59 Å². The van der Waals surface area contributed by atoms with Crippen molar-refractivity contribution in [3.63, 3.8) is 0 Å². The predicted octanol–water partition coefficient (Wildman–Crippen LogP) is 3.56. The van der Waals surface area contributed by atoms with Gasteiger partial charge in [-0.25, -0.2) is 0 Å². The molecule has 0 radical (unpaired) electrons. The number of carbonyl (C=O) groups excluding carboxylic acids is 2. The van der Waals surface area contributed by atoms with Crippen LogP contribution in [0.4, 0.5) is 5.69 Å². The Morgan fingerprint density at radius 3 is 2.53 bits per heavy atom. The maximum atomic E-state index is 13.3. The Labute approximate surface area is 188 Å². The van der Waals surface area contributed by atoms with E-state index >= 15 is 0 Å². The van der Waals surface area contributed by atoms with Gasteiger partial charge in [0.2, 0.25) is 5.91 Å². The first-order chi connectivity index (χ1) is 15.7. The van der Waals surface area contributed by atoms with E-state index in [0.29, 0.717) is 6.54 Å². The van der Waals surface area contributed by atoms with Gasteiger partial charge >= 0.3 is 0 Å². The van der Waals surface area contributed by atoms with Gasteiger partial charge in [-0.05, 0) is 55.9 Å². The number of hydrogen-bond donors (Lipinski definition) is 2. The van der Waals surface area contributed by atoms with E-state index in [-0.39, 0.29) is 17.9 Å². The van der Waals surface area contributed by atoms with Gasteiger partial charge in [-0.15, -0.1) is 0 Å². The van der Waals surface area contributed by atoms with E-state index < -0.39 is 0 Å². The lowest BCUT2D eigenvalue weighted by atomic mass is 9.99. The molecule has 6 heteroatoms. The second kappa shape index (κ2) is 9.09. The molecule has 2 aliphatic rings. The Morgan fingerprint density at radius 2 is 1.72 bits per heavy atom. The highest BCUT2D eigenvalue weighted by Gasteiger charge is 2.27. The summed E-state index contributed by atoms with van der Waals surface area (Å²) in [6, 6.07) is 17.6. The largest absolute Gasteiger partial charge is 0.349 e. The number of nitrogens with one attached hydrogen (secondary N) is 2. The van der Waals surface area contributed by atoms with Crippen LogP contribution in [0.2, 0.25) is 0 Å². The standard InChI is InChI=1S/C26H28N4O2/c31-24(27-18-7-2-1-3-8-18)17-30-15-13-19(14-16-30)28-26(32)25-20-9-4-5-11-22(20)29-23-12-6-10-21(23)25/h1-5,7-9,11,19H,6,10,12-17H2,(H,27,31)(H,28,32). The van der Waals surface area contributed by atoms with Crippen LogP contribution in [-0.2, 0) is 17.6 Å². The third kappa shape index (κ3) is 4.36. The maximum absolute atomic E-state index is 13.3. The Bertz CT molecular complexity index is 1140. The molecule has 0 atom stereocenters. The summed E-state index contributed by atoms with van der Waals surface area (Å²) >= 11 is 0. The van der Waals surface area contributed by atoms with Crippen molar-refractivity contribution in [2.75, 3.05) is 25.0 Å². The van der Waals surface area contributed by atoms with E-state index in [1.54, 1.807) is 0 Å². The molecule has 1 aliphatic carbocycles. The number of pyridine rings is 1. The number of likely N-dealkylation sites (tertiary alicyclic amines) is 1. The van der Waals surface area contributed by atoms with Gasteiger partial charge in [0.05, 0.1) is 17.6 Å². The number of aromatic nitrogens is 1. The number of benzene rings is 2. The minimum absolute atomic E-state index is 0.00231.